The molecule has 0 bridgehead atoms. The second kappa shape index (κ2) is 5.56. The minimum absolute atomic E-state index is 0.149. The van der Waals surface area contributed by atoms with Gasteiger partial charge >= 0.3 is 0 Å². The number of hydrogen-bond donors (Lipinski definition) is 0. The predicted octanol–water partition coefficient (Wildman–Crippen LogP) is 3.20. The third-order valence-corrected chi connectivity index (χ3v) is 3.65. The second-order valence-electron chi connectivity index (χ2n) is 5.40. The summed E-state index contributed by atoms with van der Waals surface area (Å²) >= 11 is 0. The first-order valence-electron chi connectivity index (χ1n) is 7.16. The first kappa shape index (κ1) is 14.2. The van der Waals surface area contributed by atoms with E-state index < -0.39 is 0 Å². The molecule has 0 spiro atoms. The Hall–Kier alpha value is -2.75. The van der Waals surface area contributed by atoms with E-state index in [0.29, 0.717) is 16.7 Å². The van der Waals surface area contributed by atoms with Crippen molar-refractivity contribution in [2.24, 2.45) is 5.10 Å². The molecule has 0 unspecified atom stereocenters. The molecule has 0 aliphatic heterocycles. The maximum Gasteiger partial charge on any atom is 0.282 e. The van der Waals surface area contributed by atoms with E-state index in [1.165, 1.54) is 10.2 Å². The average molecular weight is 291 g/mol. The van der Waals surface area contributed by atoms with Gasteiger partial charge in [-0.3, -0.25) is 4.79 Å². The lowest BCUT2D eigenvalue weighted by molar-refractivity contribution is 0.771. The van der Waals surface area contributed by atoms with E-state index in [9.17, 15) is 4.79 Å². The third-order valence-electron chi connectivity index (χ3n) is 3.65. The van der Waals surface area contributed by atoms with Crippen LogP contribution in [-0.2, 0) is 0 Å². The van der Waals surface area contributed by atoms with Gasteiger partial charge in [0.05, 0.1) is 17.1 Å². The Morgan fingerprint density at radius 3 is 2.64 bits per heavy atom. The van der Waals surface area contributed by atoms with Crippen molar-refractivity contribution < 1.29 is 0 Å². The average Bonchev–Trinajstić information content (AvgIpc) is 2.49. The molecule has 1 heterocycles. The Labute approximate surface area is 128 Å². The van der Waals surface area contributed by atoms with Gasteiger partial charge in [-0.05, 0) is 44.0 Å². The summed E-state index contributed by atoms with van der Waals surface area (Å²) in [5.74, 6) is 0.574. The summed E-state index contributed by atoms with van der Waals surface area (Å²) in [4.78, 5) is 17.0. The third kappa shape index (κ3) is 2.55. The van der Waals surface area contributed by atoms with Crippen LogP contribution < -0.4 is 5.56 Å². The molecule has 110 valence electrons. The quantitative estimate of drug-likeness (QED) is 0.681. The van der Waals surface area contributed by atoms with Crippen LogP contribution in [0.15, 0.2) is 52.4 Å². The lowest BCUT2D eigenvalue weighted by Crippen LogP contribution is -2.20. The van der Waals surface area contributed by atoms with Crippen LogP contribution in [0, 0.1) is 20.8 Å². The molecule has 0 N–H and O–H groups in total. The van der Waals surface area contributed by atoms with Crippen molar-refractivity contribution in [2.75, 3.05) is 0 Å². The van der Waals surface area contributed by atoms with Crippen LogP contribution in [0.3, 0.4) is 0 Å². The Morgan fingerprint density at radius 2 is 1.86 bits per heavy atom. The zero-order chi connectivity index (χ0) is 15.7. The minimum atomic E-state index is -0.149. The van der Waals surface area contributed by atoms with Gasteiger partial charge < -0.3 is 0 Å². The highest BCUT2D eigenvalue weighted by Gasteiger charge is 2.06. The van der Waals surface area contributed by atoms with E-state index in [-0.39, 0.29) is 5.56 Å². The SMILES string of the molecule is Cc1ccc(/C=N\n2c(C)nc3ccccc3c2=O)c(C)c1. The van der Waals surface area contributed by atoms with Crippen molar-refractivity contribution in [3.8, 4) is 0 Å². The Morgan fingerprint density at radius 1 is 1.09 bits per heavy atom. The highest BCUT2D eigenvalue weighted by molar-refractivity contribution is 5.82. The second-order valence-corrected chi connectivity index (χ2v) is 5.40. The Balaban J connectivity index is 2.11. The van der Waals surface area contributed by atoms with Crippen molar-refractivity contribution in [3.05, 3.63) is 75.3 Å². The predicted molar refractivity (Wildman–Crippen MR) is 89.6 cm³/mol. The van der Waals surface area contributed by atoms with Gasteiger partial charge in [-0.15, -0.1) is 0 Å². The molecule has 0 aliphatic carbocycles. The molecule has 2 aromatic carbocycles. The van der Waals surface area contributed by atoms with Gasteiger partial charge in [-0.2, -0.15) is 9.78 Å². The molecule has 0 radical (unpaired) electrons. The number of fused-ring (bicyclic) bond motifs is 1. The summed E-state index contributed by atoms with van der Waals surface area (Å²) in [6, 6.07) is 13.4. The lowest BCUT2D eigenvalue weighted by Gasteiger charge is -2.06. The number of para-hydroxylation sites is 1. The largest absolute Gasteiger partial charge is 0.282 e. The zero-order valence-corrected chi connectivity index (χ0v) is 12.9. The van der Waals surface area contributed by atoms with E-state index in [4.69, 9.17) is 0 Å². The molecule has 0 amide bonds. The molecule has 0 fully saturated rings. The monoisotopic (exact) mass is 291 g/mol. The van der Waals surface area contributed by atoms with Gasteiger partial charge in [0.1, 0.15) is 5.82 Å². The molecular formula is C18H17N3O. The minimum Gasteiger partial charge on any atom is -0.267 e. The molecule has 0 atom stereocenters. The van der Waals surface area contributed by atoms with Crippen LogP contribution >= 0.6 is 0 Å². The van der Waals surface area contributed by atoms with Gasteiger partial charge in [0.15, 0.2) is 0 Å². The van der Waals surface area contributed by atoms with E-state index in [1.54, 1.807) is 19.2 Å². The van der Waals surface area contributed by atoms with Crippen LogP contribution in [0.25, 0.3) is 10.9 Å². The number of nitrogens with zero attached hydrogens (tertiary/aromatic N) is 3. The summed E-state index contributed by atoms with van der Waals surface area (Å²) in [6.45, 7) is 5.87. The maximum absolute atomic E-state index is 12.5. The van der Waals surface area contributed by atoms with E-state index in [2.05, 4.69) is 23.1 Å². The summed E-state index contributed by atoms with van der Waals surface area (Å²) in [7, 11) is 0. The van der Waals surface area contributed by atoms with Gasteiger partial charge in [0.25, 0.3) is 5.56 Å². The molecule has 3 rings (SSSR count). The fraction of sp³-hybridized carbons (Fsp3) is 0.167. The van der Waals surface area contributed by atoms with E-state index >= 15 is 0 Å². The number of rotatable bonds is 2. The van der Waals surface area contributed by atoms with Crippen LogP contribution in [-0.4, -0.2) is 15.9 Å². The standard InChI is InChI=1S/C18H17N3O/c1-12-8-9-15(13(2)10-12)11-19-21-14(3)20-17-7-5-4-6-16(17)18(21)22/h4-11H,1-3H3/b19-11-. The fourth-order valence-electron chi connectivity index (χ4n) is 2.46. The highest BCUT2D eigenvalue weighted by Crippen LogP contribution is 2.09. The van der Waals surface area contributed by atoms with Gasteiger partial charge in [-0.1, -0.05) is 35.9 Å². The van der Waals surface area contributed by atoms with Crippen LogP contribution in [0.5, 0.6) is 0 Å². The molecule has 0 saturated carbocycles. The molecule has 0 saturated heterocycles. The smallest absolute Gasteiger partial charge is 0.267 e. The van der Waals surface area contributed by atoms with E-state index in [1.807, 2.05) is 37.3 Å². The molecule has 4 nitrogen and oxygen atoms in total. The first-order chi connectivity index (χ1) is 10.6. The van der Waals surface area contributed by atoms with Gasteiger partial charge in [0, 0.05) is 0 Å². The Kier molecular flexibility index (Phi) is 3.59. The molecular weight excluding hydrogens is 274 g/mol. The van der Waals surface area contributed by atoms with Crippen molar-refractivity contribution in [1.82, 2.24) is 9.66 Å². The molecule has 1 aromatic heterocycles. The molecule has 22 heavy (non-hydrogen) atoms. The summed E-state index contributed by atoms with van der Waals surface area (Å²) in [6.07, 6.45) is 1.71. The van der Waals surface area contributed by atoms with E-state index in [0.717, 1.165) is 11.1 Å². The lowest BCUT2D eigenvalue weighted by atomic mass is 10.1. The molecule has 4 heteroatoms. The Bertz CT molecular complexity index is 939. The van der Waals surface area contributed by atoms with Crippen molar-refractivity contribution in [2.45, 2.75) is 20.8 Å². The summed E-state index contributed by atoms with van der Waals surface area (Å²) in [5.41, 5.74) is 3.87. The summed E-state index contributed by atoms with van der Waals surface area (Å²) < 4.78 is 1.35. The number of hydrogen-bond acceptors (Lipinski definition) is 3. The topological polar surface area (TPSA) is 47.2 Å². The van der Waals surface area contributed by atoms with Crippen LogP contribution in [0.2, 0.25) is 0 Å². The molecule has 0 aliphatic rings. The van der Waals surface area contributed by atoms with Gasteiger partial charge in [-0.25, -0.2) is 4.98 Å². The first-order valence-corrected chi connectivity index (χ1v) is 7.16. The number of aryl methyl sites for hydroxylation is 3. The van der Waals surface area contributed by atoms with Crippen molar-refractivity contribution in [3.63, 3.8) is 0 Å². The number of aromatic nitrogens is 2. The zero-order valence-electron chi connectivity index (χ0n) is 12.9. The summed E-state index contributed by atoms with van der Waals surface area (Å²) in [5, 5.41) is 4.91. The normalized spacial score (nSPS) is 11.4. The fourth-order valence-corrected chi connectivity index (χ4v) is 2.46. The van der Waals surface area contributed by atoms with Crippen LogP contribution in [0.4, 0.5) is 0 Å². The number of benzene rings is 2. The van der Waals surface area contributed by atoms with Crippen LogP contribution in [0.1, 0.15) is 22.5 Å². The molecule has 3 aromatic rings. The van der Waals surface area contributed by atoms with Crippen molar-refractivity contribution >= 4 is 17.1 Å². The van der Waals surface area contributed by atoms with Crippen molar-refractivity contribution in [1.29, 1.82) is 0 Å². The van der Waals surface area contributed by atoms with Gasteiger partial charge in [0.2, 0.25) is 0 Å². The maximum atomic E-state index is 12.5. The highest BCUT2D eigenvalue weighted by atomic mass is 16.1.